The number of sulfonamides is 1. The molecule has 0 saturated carbocycles. The molecule has 1 amide bonds. The van der Waals surface area contributed by atoms with Crippen LogP contribution in [0.5, 0.6) is 11.5 Å². The zero-order chi connectivity index (χ0) is 31.0. The van der Waals surface area contributed by atoms with Gasteiger partial charge < -0.3 is 9.47 Å². The summed E-state index contributed by atoms with van der Waals surface area (Å²) >= 11 is 5.96. The average Bonchev–Trinajstić information content (AvgIpc) is 2.98. The van der Waals surface area contributed by atoms with Crippen LogP contribution < -0.4 is 19.2 Å². The number of hydrogen-bond donors (Lipinski definition) is 1. The van der Waals surface area contributed by atoms with Crippen LogP contribution >= 0.6 is 11.6 Å². The van der Waals surface area contributed by atoms with Crippen molar-refractivity contribution in [2.75, 3.05) is 17.5 Å². The third-order valence-electron chi connectivity index (χ3n) is 6.65. The number of aryl methyl sites for hydroxylation is 3. The van der Waals surface area contributed by atoms with Crippen LogP contribution in [0.1, 0.15) is 34.7 Å². The SMILES string of the molecule is CCOc1cc(/C=N\NC(=O)CN(c2ccc(C)c(C)c2)S(=O)(=O)c2ccc(C)cc2)ccc1OCc1ccc(Cl)cc1. The molecular formula is C33H34ClN3O5S. The minimum atomic E-state index is -4.03. The highest BCUT2D eigenvalue weighted by molar-refractivity contribution is 7.92. The number of hydrazone groups is 1. The lowest BCUT2D eigenvalue weighted by Crippen LogP contribution is -2.39. The molecule has 8 nitrogen and oxygen atoms in total. The molecule has 4 rings (SSSR count). The molecule has 4 aromatic carbocycles. The molecule has 0 unspecified atom stereocenters. The van der Waals surface area contributed by atoms with Gasteiger partial charge in [-0.3, -0.25) is 9.10 Å². The van der Waals surface area contributed by atoms with Gasteiger partial charge in [-0.2, -0.15) is 5.10 Å². The second-order valence-corrected chi connectivity index (χ2v) is 12.2. The predicted molar refractivity (Wildman–Crippen MR) is 171 cm³/mol. The van der Waals surface area contributed by atoms with E-state index in [2.05, 4.69) is 10.5 Å². The van der Waals surface area contributed by atoms with Gasteiger partial charge in [0.25, 0.3) is 15.9 Å². The molecule has 0 heterocycles. The lowest BCUT2D eigenvalue weighted by Gasteiger charge is -2.24. The normalized spacial score (nSPS) is 11.4. The number of anilines is 1. The van der Waals surface area contributed by atoms with E-state index in [0.717, 1.165) is 26.6 Å². The van der Waals surface area contributed by atoms with Crippen LogP contribution in [0.2, 0.25) is 5.02 Å². The van der Waals surface area contributed by atoms with Crippen LogP contribution in [0, 0.1) is 20.8 Å². The van der Waals surface area contributed by atoms with Crippen LogP contribution in [0.4, 0.5) is 5.69 Å². The van der Waals surface area contributed by atoms with E-state index in [9.17, 15) is 13.2 Å². The maximum atomic E-state index is 13.6. The Balaban J connectivity index is 1.48. The maximum Gasteiger partial charge on any atom is 0.264 e. The molecule has 0 saturated heterocycles. The number of nitrogens with zero attached hydrogens (tertiary/aromatic N) is 2. The highest BCUT2D eigenvalue weighted by atomic mass is 35.5. The third kappa shape index (κ3) is 8.37. The molecule has 10 heteroatoms. The van der Waals surface area contributed by atoms with Gasteiger partial charge in [-0.15, -0.1) is 0 Å². The Hall–Kier alpha value is -4.34. The largest absolute Gasteiger partial charge is 0.490 e. The topological polar surface area (TPSA) is 97.3 Å². The summed E-state index contributed by atoms with van der Waals surface area (Å²) in [6.45, 7) is 7.89. The smallest absolute Gasteiger partial charge is 0.264 e. The molecule has 1 N–H and O–H groups in total. The average molecular weight is 620 g/mol. The molecule has 0 aliphatic carbocycles. The maximum absolute atomic E-state index is 13.6. The minimum Gasteiger partial charge on any atom is -0.490 e. The number of carbonyl (C=O) groups excluding carboxylic acids is 1. The second kappa shape index (κ2) is 14.2. The molecule has 0 radical (unpaired) electrons. The Bertz CT molecular complexity index is 1710. The van der Waals surface area contributed by atoms with E-state index in [1.165, 1.54) is 18.3 Å². The molecule has 0 bridgehead atoms. The van der Waals surface area contributed by atoms with Gasteiger partial charge in [-0.05, 0) is 105 Å². The number of hydrogen-bond acceptors (Lipinski definition) is 6. The van der Waals surface area contributed by atoms with Crippen LogP contribution in [0.15, 0.2) is 94.9 Å². The Morgan fingerprint density at radius 2 is 1.60 bits per heavy atom. The summed E-state index contributed by atoms with van der Waals surface area (Å²) in [6.07, 6.45) is 1.46. The van der Waals surface area contributed by atoms with E-state index >= 15 is 0 Å². The summed E-state index contributed by atoms with van der Waals surface area (Å²) < 4.78 is 40.1. The molecule has 224 valence electrons. The van der Waals surface area contributed by atoms with Crippen molar-refractivity contribution in [2.24, 2.45) is 5.10 Å². The first kappa shape index (κ1) is 31.6. The van der Waals surface area contributed by atoms with Crippen molar-refractivity contribution in [1.82, 2.24) is 5.43 Å². The monoisotopic (exact) mass is 619 g/mol. The number of amides is 1. The van der Waals surface area contributed by atoms with Gasteiger partial charge in [0.1, 0.15) is 13.2 Å². The van der Waals surface area contributed by atoms with E-state index in [4.69, 9.17) is 21.1 Å². The van der Waals surface area contributed by atoms with E-state index in [1.807, 2.05) is 45.9 Å². The van der Waals surface area contributed by atoms with Gasteiger partial charge in [-0.25, -0.2) is 13.8 Å². The van der Waals surface area contributed by atoms with E-state index in [0.29, 0.717) is 41.0 Å². The molecule has 0 atom stereocenters. The molecule has 43 heavy (non-hydrogen) atoms. The molecule has 0 aliphatic rings. The number of rotatable bonds is 12. The van der Waals surface area contributed by atoms with Gasteiger partial charge in [0.15, 0.2) is 11.5 Å². The predicted octanol–water partition coefficient (Wildman–Crippen LogP) is 6.59. The molecular weight excluding hydrogens is 586 g/mol. The third-order valence-corrected chi connectivity index (χ3v) is 8.69. The molecule has 0 fully saturated rings. The Morgan fingerprint density at radius 3 is 2.28 bits per heavy atom. The second-order valence-electron chi connectivity index (χ2n) is 9.94. The molecule has 0 spiro atoms. The van der Waals surface area contributed by atoms with Gasteiger partial charge in [0.05, 0.1) is 23.4 Å². The Kier molecular flexibility index (Phi) is 10.4. The van der Waals surface area contributed by atoms with Crippen molar-refractivity contribution in [3.05, 3.63) is 118 Å². The summed E-state index contributed by atoms with van der Waals surface area (Å²) in [6, 6.07) is 24.5. The molecule has 0 aromatic heterocycles. The van der Waals surface area contributed by atoms with E-state index in [1.54, 1.807) is 54.6 Å². The van der Waals surface area contributed by atoms with Crippen LogP contribution in [0.25, 0.3) is 0 Å². The minimum absolute atomic E-state index is 0.0921. The Labute approximate surface area is 258 Å². The van der Waals surface area contributed by atoms with Gasteiger partial charge in [0, 0.05) is 5.02 Å². The summed E-state index contributed by atoms with van der Waals surface area (Å²) in [5.74, 6) is 0.485. The fourth-order valence-corrected chi connectivity index (χ4v) is 5.65. The Morgan fingerprint density at radius 1 is 0.884 bits per heavy atom. The van der Waals surface area contributed by atoms with E-state index < -0.39 is 22.5 Å². The number of ether oxygens (including phenoxy) is 2. The van der Waals surface area contributed by atoms with Gasteiger partial charge in [0.2, 0.25) is 0 Å². The van der Waals surface area contributed by atoms with Gasteiger partial charge in [-0.1, -0.05) is 47.5 Å². The van der Waals surface area contributed by atoms with Crippen molar-refractivity contribution in [2.45, 2.75) is 39.2 Å². The number of benzene rings is 4. The number of carbonyl (C=O) groups is 1. The molecule has 0 aliphatic heterocycles. The van der Waals surface area contributed by atoms with Crippen molar-refractivity contribution < 1.29 is 22.7 Å². The zero-order valence-electron chi connectivity index (χ0n) is 24.5. The van der Waals surface area contributed by atoms with Crippen molar-refractivity contribution in [3.63, 3.8) is 0 Å². The quantitative estimate of drug-likeness (QED) is 0.143. The summed E-state index contributed by atoms with van der Waals surface area (Å²) in [5, 5.41) is 4.72. The first-order valence-corrected chi connectivity index (χ1v) is 15.5. The van der Waals surface area contributed by atoms with Gasteiger partial charge >= 0.3 is 0 Å². The standard InChI is InChI=1S/C33H34ClN3O5S/c1-5-41-32-19-27(11-17-31(32)42-22-26-9-12-28(34)13-10-26)20-35-36-33(38)21-37(29-14-8-24(3)25(4)18-29)43(39,40)30-15-6-23(2)7-16-30/h6-20H,5,21-22H2,1-4H3,(H,36,38)/b35-20-. The summed E-state index contributed by atoms with van der Waals surface area (Å²) in [4.78, 5) is 13.1. The fraction of sp³-hybridized carbons (Fsp3) is 0.212. The van der Waals surface area contributed by atoms with Crippen LogP contribution in [-0.4, -0.2) is 33.7 Å². The highest BCUT2D eigenvalue weighted by Gasteiger charge is 2.27. The number of nitrogens with one attached hydrogen (secondary N) is 1. The number of halogens is 1. The van der Waals surface area contributed by atoms with E-state index in [-0.39, 0.29) is 4.90 Å². The van der Waals surface area contributed by atoms with Crippen molar-refractivity contribution in [1.29, 1.82) is 0 Å². The summed E-state index contributed by atoms with van der Waals surface area (Å²) in [7, 11) is -4.03. The van der Waals surface area contributed by atoms with Crippen molar-refractivity contribution >= 4 is 39.4 Å². The highest BCUT2D eigenvalue weighted by Crippen LogP contribution is 2.29. The molecule has 4 aromatic rings. The zero-order valence-corrected chi connectivity index (χ0v) is 26.1. The lowest BCUT2D eigenvalue weighted by molar-refractivity contribution is -0.119. The van der Waals surface area contributed by atoms with Crippen LogP contribution in [0.3, 0.4) is 0 Å². The van der Waals surface area contributed by atoms with Crippen LogP contribution in [-0.2, 0) is 21.4 Å². The fourth-order valence-electron chi connectivity index (χ4n) is 4.11. The summed E-state index contributed by atoms with van der Waals surface area (Å²) in [5.41, 5.74) is 7.30. The van der Waals surface area contributed by atoms with Crippen molar-refractivity contribution in [3.8, 4) is 11.5 Å². The first-order valence-electron chi connectivity index (χ1n) is 13.7. The first-order chi connectivity index (χ1) is 20.6. The lowest BCUT2D eigenvalue weighted by atomic mass is 10.1.